The number of carbonyl (C=O) groups excluding carboxylic acids is 2. The quantitative estimate of drug-likeness (QED) is 0.875. The normalized spacial score (nSPS) is 15.7. The predicted octanol–water partition coefficient (Wildman–Crippen LogP) is 3.13. The maximum atomic E-state index is 11.9. The van der Waals surface area contributed by atoms with Crippen LogP contribution in [-0.2, 0) is 4.79 Å². The van der Waals surface area contributed by atoms with Crippen LogP contribution in [0.1, 0.15) is 19.8 Å². The summed E-state index contributed by atoms with van der Waals surface area (Å²) in [5.74, 6) is 0.0775. The van der Waals surface area contributed by atoms with Gasteiger partial charge in [0.15, 0.2) is 0 Å². The molecule has 114 valence electrons. The monoisotopic (exact) mass is 329 g/mol. The molecule has 1 aromatic carbocycles. The van der Waals surface area contributed by atoms with Crippen LogP contribution in [0.5, 0.6) is 0 Å². The lowest BCUT2D eigenvalue weighted by atomic mass is 10.1. The number of halogens is 2. The van der Waals surface area contributed by atoms with Crippen molar-refractivity contribution in [3.8, 4) is 0 Å². The second-order valence-electron chi connectivity index (χ2n) is 5.01. The van der Waals surface area contributed by atoms with Crippen LogP contribution in [-0.4, -0.2) is 36.0 Å². The Labute approximate surface area is 133 Å². The van der Waals surface area contributed by atoms with Crippen LogP contribution in [0.4, 0.5) is 10.5 Å². The summed E-state index contributed by atoms with van der Waals surface area (Å²) < 4.78 is 0. The van der Waals surface area contributed by atoms with E-state index in [0.29, 0.717) is 28.8 Å². The van der Waals surface area contributed by atoms with E-state index in [9.17, 15) is 9.59 Å². The summed E-state index contributed by atoms with van der Waals surface area (Å²) in [6.07, 6.45) is 1.52. The van der Waals surface area contributed by atoms with Gasteiger partial charge in [0.2, 0.25) is 5.91 Å². The molecule has 1 aliphatic heterocycles. The smallest absolute Gasteiger partial charge is 0.319 e. The third-order valence-corrected chi connectivity index (χ3v) is 4.19. The maximum Gasteiger partial charge on any atom is 0.319 e. The van der Waals surface area contributed by atoms with E-state index in [1.54, 1.807) is 30.0 Å². The van der Waals surface area contributed by atoms with Gasteiger partial charge in [0.1, 0.15) is 0 Å². The zero-order valence-electron chi connectivity index (χ0n) is 11.7. The van der Waals surface area contributed by atoms with Gasteiger partial charge in [0, 0.05) is 31.7 Å². The Morgan fingerprint density at radius 1 is 1.19 bits per heavy atom. The number of urea groups is 1. The second kappa shape index (κ2) is 7.00. The molecule has 1 aliphatic rings. The molecule has 1 saturated heterocycles. The van der Waals surface area contributed by atoms with Crippen LogP contribution >= 0.6 is 23.2 Å². The SMILES string of the molecule is CC(=O)N1CCC(NC(=O)Nc2ccc(Cl)c(Cl)c2)CC1. The summed E-state index contributed by atoms with van der Waals surface area (Å²) in [5, 5.41) is 6.45. The van der Waals surface area contributed by atoms with Crippen LogP contribution in [0.3, 0.4) is 0 Å². The minimum absolute atomic E-state index is 0.0726. The highest BCUT2D eigenvalue weighted by Gasteiger charge is 2.21. The molecule has 2 rings (SSSR count). The highest BCUT2D eigenvalue weighted by molar-refractivity contribution is 6.42. The predicted molar refractivity (Wildman–Crippen MR) is 83.9 cm³/mol. The first-order valence-electron chi connectivity index (χ1n) is 6.74. The first-order valence-corrected chi connectivity index (χ1v) is 7.49. The second-order valence-corrected chi connectivity index (χ2v) is 5.82. The van der Waals surface area contributed by atoms with E-state index >= 15 is 0 Å². The summed E-state index contributed by atoms with van der Waals surface area (Å²) in [4.78, 5) is 24.9. The number of piperidine rings is 1. The van der Waals surface area contributed by atoms with E-state index in [1.807, 2.05) is 0 Å². The molecule has 0 aliphatic carbocycles. The van der Waals surface area contributed by atoms with Gasteiger partial charge in [0.05, 0.1) is 10.0 Å². The first-order chi connectivity index (χ1) is 9.95. The van der Waals surface area contributed by atoms with Crippen molar-refractivity contribution in [1.82, 2.24) is 10.2 Å². The molecule has 1 aromatic rings. The number of hydrogen-bond donors (Lipinski definition) is 2. The zero-order chi connectivity index (χ0) is 15.4. The highest BCUT2D eigenvalue weighted by Crippen LogP contribution is 2.25. The van der Waals surface area contributed by atoms with Crippen LogP contribution in [0, 0.1) is 0 Å². The fourth-order valence-corrected chi connectivity index (χ4v) is 2.56. The van der Waals surface area contributed by atoms with E-state index < -0.39 is 0 Å². The number of carbonyl (C=O) groups is 2. The van der Waals surface area contributed by atoms with Gasteiger partial charge in [0.25, 0.3) is 0 Å². The molecule has 1 heterocycles. The topological polar surface area (TPSA) is 61.4 Å². The maximum absolute atomic E-state index is 11.9. The lowest BCUT2D eigenvalue weighted by Gasteiger charge is -2.31. The Balaban J connectivity index is 1.82. The number of hydrogen-bond acceptors (Lipinski definition) is 2. The third kappa shape index (κ3) is 4.51. The molecule has 3 amide bonds. The summed E-state index contributed by atoms with van der Waals surface area (Å²) in [7, 11) is 0. The van der Waals surface area contributed by atoms with Gasteiger partial charge in [-0.3, -0.25) is 4.79 Å². The number of nitrogens with one attached hydrogen (secondary N) is 2. The lowest BCUT2D eigenvalue weighted by molar-refractivity contribution is -0.129. The van der Waals surface area contributed by atoms with Gasteiger partial charge < -0.3 is 15.5 Å². The van der Waals surface area contributed by atoms with Crippen molar-refractivity contribution in [2.75, 3.05) is 18.4 Å². The van der Waals surface area contributed by atoms with Crippen molar-refractivity contribution in [3.05, 3.63) is 28.2 Å². The Morgan fingerprint density at radius 3 is 2.43 bits per heavy atom. The van der Waals surface area contributed by atoms with Crippen molar-refractivity contribution in [2.24, 2.45) is 0 Å². The third-order valence-electron chi connectivity index (χ3n) is 3.45. The van der Waals surface area contributed by atoms with Crippen molar-refractivity contribution in [3.63, 3.8) is 0 Å². The van der Waals surface area contributed by atoms with E-state index in [0.717, 1.165) is 12.8 Å². The molecule has 21 heavy (non-hydrogen) atoms. The van der Waals surface area contributed by atoms with E-state index in [2.05, 4.69) is 10.6 Å². The molecular formula is C14H17Cl2N3O2. The minimum Gasteiger partial charge on any atom is -0.343 e. The van der Waals surface area contributed by atoms with Crippen LogP contribution in [0.25, 0.3) is 0 Å². The summed E-state index contributed by atoms with van der Waals surface area (Å²) in [6, 6.07) is 4.71. The average molecular weight is 330 g/mol. The Bertz CT molecular complexity index is 543. The average Bonchev–Trinajstić information content (AvgIpc) is 2.43. The number of rotatable bonds is 2. The summed E-state index contributed by atoms with van der Waals surface area (Å²) in [5.41, 5.74) is 0.586. The first kappa shape index (κ1) is 15.9. The molecule has 0 bridgehead atoms. The fourth-order valence-electron chi connectivity index (χ4n) is 2.27. The zero-order valence-corrected chi connectivity index (χ0v) is 13.2. The number of likely N-dealkylation sites (tertiary alicyclic amines) is 1. The van der Waals surface area contributed by atoms with Gasteiger partial charge in [-0.1, -0.05) is 23.2 Å². The lowest BCUT2D eigenvalue weighted by Crippen LogP contribution is -2.47. The number of benzene rings is 1. The Morgan fingerprint density at radius 2 is 1.86 bits per heavy atom. The van der Waals surface area contributed by atoms with Gasteiger partial charge in [-0.05, 0) is 31.0 Å². The standard InChI is InChI=1S/C14H17Cl2N3O2/c1-9(20)19-6-4-10(5-7-19)17-14(21)18-11-2-3-12(15)13(16)8-11/h2-3,8,10H,4-7H2,1H3,(H2,17,18,21). The van der Waals surface area contributed by atoms with E-state index in [4.69, 9.17) is 23.2 Å². The summed E-state index contributed by atoms with van der Waals surface area (Å²) >= 11 is 11.7. The highest BCUT2D eigenvalue weighted by atomic mass is 35.5. The molecule has 0 aromatic heterocycles. The Hall–Kier alpha value is -1.46. The van der Waals surface area contributed by atoms with Crippen molar-refractivity contribution >= 4 is 40.8 Å². The molecule has 0 spiro atoms. The van der Waals surface area contributed by atoms with Crippen LogP contribution < -0.4 is 10.6 Å². The van der Waals surface area contributed by atoms with Crippen molar-refractivity contribution in [2.45, 2.75) is 25.8 Å². The molecule has 0 atom stereocenters. The van der Waals surface area contributed by atoms with Crippen LogP contribution in [0.2, 0.25) is 10.0 Å². The number of nitrogens with zero attached hydrogens (tertiary/aromatic N) is 1. The van der Waals surface area contributed by atoms with Crippen LogP contribution in [0.15, 0.2) is 18.2 Å². The number of anilines is 1. The van der Waals surface area contributed by atoms with E-state index in [-0.39, 0.29) is 18.0 Å². The largest absolute Gasteiger partial charge is 0.343 e. The molecular weight excluding hydrogens is 313 g/mol. The molecule has 1 fully saturated rings. The molecule has 0 unspecified atom stereocenters. The van der Waals surface area contributed by atoms with E-state index in [1.165, 1.54) is 0 Å². The molecule has 0 radical (unpaired) electrons. The van der Waals surface area contributed by atoms with Crippen molar-refractivity contribution < 1.29 is 9.59 Å². The fraction of sp³-hybridized carbons (Fsp3) is 0.429. The molecule has 5 nitrogen and oxygen atoms in total. The van der Waals surface area contributed by atoms with Gasteiger partial charge in [-0.15, -0.1) is 0 Å². The molecule has 7 heteroatoms. The van der Waals surface area contributed by atoms with Crippen molar-refractivity contribution in [1.29, 1.82) is 0 Å². The van der Waals surface area contributed by atoms with Gasteiger partial charge in [-0.2, -0.15) is 0 Å². The van der Waals surface area contributed by atoms with Gasteiger partial charge >= 0.3 is 6.03 Å². The number of amides is 3. The summed E-state index contributed by atoms with van der Waals surface area (Å²) in [6.45, 7) is 2.91. The molecule has 2 N–H and O–H groups in total. The van der Waals surface area contributed by atoms with Gasteiger partial charge in [-0.25, -0.2) is 4.79 Å². The minimum atomic E-state index is -0.283. The Kier molecular flexibility index (Phi) is 5.31. The molecule has 0 saturated carbocycles.